The van der Waals surface area contributed by atoms with Gasteiger partial charge < -0.3 is 4.90 Å². The van der Waals surface area contributed by atoms with Crippen LogP contribution in [0.3, 0.4) is 0 Å². The Morgan fingerprint density at radius 1 is 1.14 bits per heavy atom. The Hall–Kier alpha value is -0.820. The summed E-state index contributed by atoms with van der Waals surface area (Å²) >= 11 is 0. The van der Waals surface area contributed by atoms with Crippen molar-refractivity contribution in [2.75, 3.05) is 13.6 Å². The lowest BCUT2D eigenvalue weighted by Gasteiger charge is -2.26. The molecule has 1 aliphatic rings. The summed E-state index contributed by atoms with van der Waals surface area (Å²) in [5.41, 5.74) is 3.43. The largest absolute Gasteiger partial charge is 0.302 e. The molecule has 0 radical (unpaired) electrons. The minimum atomic E-state index is 0.404. The van der Waals surface area contributed by atoms with Crippen molar-refractivity contribution in [1.29, 1.82) is 0 Å². The van der Waals surface area contributed by atoms with E-state index in [1.54, 1.807) is 0 Å². The molecule has 0 aliphatic carbocycles. The van der Waals surface area contributed by atoms with E-state index in [9.17, 15) is 0 Å². The number of fused-ring (bicyclic) bond motifs is 1. The van der Waals surface area contributed by atoms with Crippen LogP contribution in [0, 0.1) is 5.41 Å². The molecule has 1 aromatic carbocycles. The molecule has 0 spiro atoms. The maximum Gasteiger partial charge on any atom is 0.0233 e. The van der Waals surface area contributed by atoms with E-state index < -0.39 is 0 Å². The fraction of sp³-hybridized carbons (Fsp3) is 0.538. The molecular weight excluding hydrogens is 170 g/mol. The average molecular weight is 189 g/mol. The maximum absolute atomic E-state index is 2.42. The van der Waals surface area contributed by atoms with Crippen molar-refractivity contribution in [2.45, 2.75) is 26.8 Å². The van der Waals surface area contributed by atoms with Gasteiger partial charge in [0.05, 0.1) is 0 Å². The van der Waals surface area contributed by atoms with Crippen molar-refractivity contribution in [3.8, 4) is 0 Å². The molecule has 0 aromatic heterocycles. The second kappa shape index (κ2) is 3.39. The summed E-state index contributed by atoms with van der Waals surface area (Å²) in [4.78, 5) is 2.42. The molecule has 0 bridgehead atoms. The third-order valence-corrected chi connectivity index (χ3v) is 2.93. The Kier molecular flexibility index (Phi) is 2.36. The van der Waals surface area contributed by atoms with E-state index >= 15 is 0 Å². The summed E-state index contributed by atoms with van der Waals surface area (Å²) in [5.74, 6) is 0. The highest BCUT2D eigenvalue weighted by Gasteiger charge is 2.25. The second-order valence-electron chi connectivity index (χ2n) is 5.28. The molecule has 1 heteroatoms. The molecule has 76 valence electrons. The summed E-state index contributed by atoms with van der Waals surface area (Å²) in [6, 6.07) is 8.83. The van der Waals surface area contributed by atoms with Gasteiger partial charge in [-0.2, -0.15) is 0 Å². The summed E-state index contributed by atoms with van der Waals surface area (Å²) in [6.07, 6.45) is 1.20. The molecule has 0 fully saturated rings. The van der Waals surface area contributed by atoms with Gasteiger partial charge in [-0.1, -0.05) is 38.1 Å². The summed E-state index contributed by atoms with van der Waals surface area (Å²) in [7, 11) is 2.21. The molecule has 1 heterocycles. The zero-order chi connectivity index (χ0) is 10.2. The van der Waals surface area contributed by atoms with E-state index in [0.29, 0.717) is 5.41 Å². The van der Waals surface area contributed by atoms with Gasteiger partial charge in [-0.15, -0.1) is 0 Å². The maximum atomic E-state index is 2.42. The molecule has 1 aliphatic heterocycles. The van der Waals surface area contributed by atoms with Gasteiger partial charge in [0.2, 0.25) is 0 Å². The standard InChI is InChI=1S/C13H19N/c1-13(2)8-11-6-4-5-7-12(11)9-14(3)10-13/h4-7H,8-10H2,1-3H3. The van der Waals surface area contributed by atoms with Crippen LogP contribution >= 0.6 is 0 Å². The first-order valence-corrected chi connectivity index (χ1v) is 5.32. The van der Waals surface area contributed by atoms with Crippen molar-refractivity contribution >= 4 is 0 Å². The molecule has 14 heavy (non-hydrogen) atoms. The Bertz CT molecular complexity index is 328. The predicted molar refractivity (Wildman–Crippen MR) is 60.3 cm³/mol. The number of nitrogens with zero attached hydrogens (tertiary/aromatic N) is 1. The van der Waals surface area contributed by atoms with Crippen LogP contribution in [-0.2, 0) is 13.0 Å². The van der Waals surface area contributed by atoms with Crippen LogP contribution in [0.5, 0.6) is 0 Å². The Balaban J connectivity index is 2.37. The van der Waals surface area contributed by atoms with E-state index in [1.165, 1.54) is 24.1 Å². The fourth-order valence-electron chi connectivity index (χ4n) is 2.53. The molecule has 0 saturated carbocycles. The third kappa shape index (κ3) is 1.98. The summed E-state index contributed by atoms with van der Waals surface area (Å²) < 4.78 is 0. The first-order valence-electron chi connectivity index (χ1n) is 5.32. The SMILES string of the molecule is CN1Cc2ccccc2CC(C)(C)C1. The Labute approximate surface area is 86.7 Å². The lowest BCUT2D eigenvalue weighted by atomic mass is 9.85. The van der Waals surface area contributed by atoms with E-state index in [0.717, 1.165) is 6.54 Å². The fourth-order valence-corrected chi connectivity index (χ4v) is 2.53. The topological polar surface area (TPSA) is 3.24 Å². The van der Waals surface area contributed by atoms with Crippen LogP contribution in [0.25, 0.3) is 0 Å². The highest BCUT2D eigenvalue weighted by Crippen LogP contribution is 2.29. The zero-order valence-electron chi connectivity index (χ0n) is 9.38. The van der Waals surface area contributed by atoms with Gasteiger partial charge in [-0.25, -0.2) is 0 Å². The Morgan fingerprint density at radius 3 is 2.50 bits per heavy atom. The van der Waals surface area contributed by atoms with Crippen LogP contribution < -0.4 is 0 Å². The zero-order valence-corrected chi connectivity index (χ0v) is 9.38. The lowest BCUT2D eigenvalue weighted by molar-refractivity contribution is 0.215. The minimum absolute atomic E-state index is 0.404. The van der Waals surface area contributed by atoms with Gasteiger partial charge >= 0.3 is 0 Å². The summed E-state index contributed by atoms with van der Waals surface area (Å²) in [6.45, 7) is 6.98. The van der Waals surface area contributed by atoms with Crippen molar-refractivity contribution in [1.82, 2.24) is 4.90 Å². The van der Waals surface area contributed by atoms with Crippen molar-refractivity contribution in [3.05, 3.63) is 35.4 Å². The van der Waals surface area contributed by atoms with Gasteiger partial charge in [0.25, 0.3) is 0 Å². The minimum Gasteiger partial charge on any atom is -0.302 e. The van der Waals surface area contributed by atoms with E-state index in [-0.39, 0.29) is 0 Å². The molecule has 0 unspecified atom stereocenters. The average Bonchev–Trinajstić information content (AvgIpc) is 2.16. The van der Waals surface area contributed by atoms with E-state index in [4.69, 9.17) is 0 Å². The quantitative estimate of drug-likeness (QED) is 0.606. The van der Waals surface area contributed by atoms with Gasteiger partial charge in [-0.3, -0.25) is 0 Å². The third-order valence-electron chi connectivity index (χ3n) is 2.93. The van der Waals surface area contributed by atoms with Gasteiger partial charge in [-0.05, 0) is 30.0 Å². The highest BCUT2D eigenvalue weighted by atomic mass is 15.1. The highest BCUT2D eigenvalue weighted by molar-refractivity contribution is 5.29. The van der Waals surface area contributed by atoms with Crippen LogP contribution in [0.2, 0.25) is 0 Å². The van der Waals surface area contributed by atoms with Crippen molar-refractivity contribution in [2.24, 2.45) is 5.41 Å². The van der Waals surface area contributed by atoms with Gasteiger partial charge in [0, 0.05) is 13.1 Å². The second-order valence-corrected chi connectivity index (χ2v) is 5.28. The molecule has 0 atom stereocenters. The van der Waals surface area contributed by atoms with Crippen molar-refractivity contribution in [3.63, 3.8) is 0 Å². The molecule has 1 aromatic rings. The molecule has 2 rings (SSSR count). The number of rotatable bonds is 0. The smallest absolute Gasteiger partial charge is 0.0233 e. The van der Waals surface area contributed by atoms with Crippen LogP contribution in [0.15, 0.2) is 24.3 Å². The van der Waals surface area contributed by atoms with E-state index in [1.807, 2.05) is 0 Å². The predicted octanol–water partition coefficient (Wildman–Crippen LogP) is 2.70. The van der Waals surface area contributed by atoms with Gasteiger partial charge in [0.1, 0.15) is 0 Å². The molecule has 0 amide bonds. The van der Waals surface area contributed by atoms with Crippen LogP contribution in [0.4, 0.5) is 0 Å². The first kappa shape index (κ1) is 9.72. The number of hydrogen-bond acceptors (Lipinski definition) is 1. The molecular formula is C13H19N. The lowest BCUT2D eigenvalue weighted by Crippen LogP contribution is -2.29. The van der Waals surface area contributed by atoms with Gasteiger partial charge in [0.15, 0.2) is 0 Å². The number of hydrogen-bond donors (Lipinski definition) is 0. The molecule has 0 N–H and O–H groups in total. The Morgan fingerprint density at radius 2 is 1.79 bits per heavy atom. The van der Waals surface area contributed by atoms with E-state index in [2.05, 4.69) is 50.1 Å². The molecule has 1 nitrogen and oxygen atoms in total. The van der Waals surface area contributed by atoms with Crippen LogP contribution in [0.1, 0.15) is 25.0 Å². The number of benzene rings is 1. The first-order chi connectivity index (χ1) is 6.57. The van der Waals surface area contributed by atoms with Crippen molar-refractivity contribution < 1.29 is 0 Å². The van der Waals surface area contributed by atoms with Crippen LogP contribution in [-0.4, -0.2) is 18.5 Å². The molecule has 0 saturated heterocycles. The summed E-state index contributed by atoms with van der Waals surface area (Å²) in [5, 5.41) is 0. The normalized spacial score (nSPS) is 21.4. The monoisotopic (exact) mass is 189 g/mol.